The number of nitrogens with zero attached hydrogens (tertiary/aromatic N) is 2. The Morgan fingerprint density at radius 2 is 2.26 bits per heavy atom. The average molecular weight is 268 g/mol. The molecule has 1 aliphatic heterocycles. The number of aliphatic carboxylic acids is 1. The molecular formula is C12H16N2O5. The minimum absolute atomic E-state index is 0.349. The number of methoxy groups -OCH3 is 1. The number of carbonyl (C=O) groups is 1. The summed E-state index contributed by atoms with van der Waals surface area (Å²) in [7, 11) is 1.64. The minimum Gasteiger partial charge on any atom is -0.479 e. The van der Waals surface area contributed by atoms with Crippen LogP contribution in [0, 0.1) is 0 Å². The van der Waals surface area contributed by atoms with Crippen LogP contribution in [0.15, 0.2) is 4.52 Å². The molecule has 0 bridgehead atoms. The summed E-state index contributed by atoms with van der Waals surface area (Å²) < 4.78 is 16.1. The summed E-state index contributed by atoms with van der Waals surface area (Å²) in [5.41, 5.74) is -0.424. The SMILES string of the molecule is COC1(c2noc(C3CCC(C(=O)O)O3)n2)CCC1. The van der Waals surface area contributed by atoms with Gasteiger partial charge in [0.05, 0.1) is 0 Å². The first-order valence-electron chi connectivity index (χ1n) is 6.42. The Morgan fingerprint density at radius 1 is 1.47 bits per heavy atom. The normalized spacial score (nSPS) is 29.1. The topological polar surface area (TPSA) is 94.7 Å². The van der Waals surface area contributed by atoms with Gasteiger partial charge in [-0.3, -0.25) is 0 Å². The molecule has 2 aliphatic rings. The van der Waals surface area contributed by atoms with Gasteiger partial charge in [-0.2, -0.15) is 4.98 Å². The maximum Gasteiger partial charge on any atom is 0.332 e. The number of aromatic nitrogens is 2. The highest BCUT2D eigenvalue weighted by Gasteiger charge is 2.44. The van der Waals surface area contributed by atoms with Gasteiger partial charge in [-0.25, -0.2) is 4.79 Å². The van der Waals surface area contributed by atoms with Gasteiger partial charge in [-0.15, -0.1) is 0 Å². The maximum absolute atomic E-state index is 10.8. The van der Waals surface area contributed by atoms with Gasteiger partial charge < -0.3 is 19.1 Å². The summed E-state index contributed by atoms with van der Waals surface area (Å²) in [4.78, 5) is 15.2. The molecule has 0 spiro atoms. The lowest BCUT2D eigenvalue weighted by Crippen LogP contribution is -2.37. The second-order valence-corrected chi connectivity index (χ2v) is 5.04. The molecule has 2 fully saturated rings. The lowest BCUT2D eigenvalue weighted by atomic mass is 9.79. The van der Waals surface area contributed by atoms with Crippen LogP contribution in [0.4, 0.5) is 0 Å². The molecule has 19 heavy (non-hydrogen) atoms. The fourth-order valence-corrected chi connectivity index (χ4v) is 2.57. The smallest absolute Gasteiger partial charge is 0.332 e. The van der Waals surface area contributed by atoms with Gasteiger partial charge in [0.1, 0.15) is 11.7 Å². The van der Waals surface area contributed by atoms with E-state index in [1.807, 2.05) is 0 Å². The number of rotatable bonds is 4. The van der Waals surface area contributed by atoms with Crippen molar-refractivity contribution in [2.24, 2.45) is 0 Å². The standard InChI is InChI=1S/C12H16N2O5/c1-17-12(5-2-6-12)11-13-9(19-14-11)7-3-4-8(18-7)10(15)16/h7-8H,2-6H2,1H3,(H,15,16). The van der Waals surface area contributed by atoms with Gasteiger partial charge in [0.15, 0.2) is 6.10 Å². The average Bonchev–Trinajstić information content (AvgIpc) is 2.96. The molecule has 3 rings (SSSR count). The third kappa shape index (κ3) is 2.02. The van der Waals surface area contributed by atoms with E-state index in [0.717, 1.165) is 19.3 Å². The molecule has 1 saturated carbocycles. The van der Waals surface area contributed by atoms with Crippen molar-refractivity contribution in [1.82, 2.24) is 10.1 Å². The van der Waals surface area contributed by atoms with Crippen molar-refractivity contribution in [3.8, 4) is 0 Å². The molecule has 0 amide bonds. The molecule has 2 atom stereocenters. The lowest BCUT2D eigenvalue weighted by Gasteiger charge is -2.37. The number of carboxylic acid groups (broad SMARTS) is 1. The Morgan fingerprint density at radius 3 is 2.79 bits per heavy atom. The number of carboxylic acids is 1. The van der Waals surface area contributed by atoms with Crippen LogP contribution in [0.2, 0.25) is 0 Å². The number of hydrogen-bond acceptors (Lipinski definition) is 6. The van der Waals surface area contributed by atoms with Gasteiger partial charge >= 0.3 is 5.97 Å². The van der Waals surface area contributed by atoms with Gasteiger partial charge in [0.2, 0.25) is 5.82 Å². The van der Waals surface area contributed by atoms with E-state index in [4.69, 9.17) is 19.1 Å². The molecule has 1 aliphatic carbocycles. The first-order valence-corrected chi connectivity index (χ1v) is 6.42. The van der Waals surface area contributed by atoms with Crippen molar-refractivity contribution >= 4 is 5.97 Å². The van der Waals surface area contributed by atoms with Crippen LogP contribution in [-0.2, 0) is 19.9 Å². The van der Waals surface area contributed by atoms with Crippen molar-refractivity contribution in [1.29, 1.82) is 0 Å². The Labute approximate surface area is 109 Å². The molecule has 1 aromatic heterocycles. The van der Waals surface area contributed by atoms with E-state index in [-0.39, 0.29) is 0 Å². The Kier molecular flexibility index (Phi) is 3.02. The monoisotopic (exact) mass is 268 g/mol. The van der Waals surface area contributed by atoms with Crippen molar-refractivity contribution in [3.63, 3.8) is 0 Å². The first kappa shape index (κ1) is 12.6. The summed E-state index contributed by atoms with van der Waals surface area (Å²) in [6.07, 6.45) is 2.69. The zero-order chi connectivity index (χ0) is 13.5. The zero-order valence-electron chi connectivity index (χ0n) is 10.7. The van der Waals surface area contributed by atoms with Crippen molar-refractivity contribution in [3.05, 3.63) is 11.7 Å². The highest BCUT2D eigenvalue weighted by Crippen LogP contribution is 2.43. The van der Waals surface area contributed by atoms with Crippen molar-refractivity contribution in [2.45, 2.75) is 49.9 Å². The van der Waals surface area contributed by atoms with E-state index in [1.54, 1.807) is 7.11 Å². The van der Waals surface area contributed by atoms with Crippen LogP contribution < -0.4 is 0 Å². The van der Waals surface area contributed by atoms with E-state index in [1.165, 1.54) is 0 Å². The Hall–Kier alpha value is -1.47. The van der Waals surface area contributed by atoms with Gasteiger partial charge in [0, 0.05) is 7.11 Å². The molecule has 104 valence electrons. The molecule has 0 radical (unpaired) electrons. The van der Waals surface area contributed by atoms with Crippen LogP contribution >= 0.6 is 0 Å². The van der Waals surface area contributed by atoms with E-state index >= 15 is 0 Å². The van der Waals surface area contributed by atoms with Crippen LogP contribution in [0.1, 0.15) is 49.9 Å². The van der Waals surface area contributed by atoms with Gasteiger partial charge in [-0.1, -0.05) is 5.16 Å². The predicted octanol–water partition coefficient (Wildman–Crippen LogP) is 1.40. The van der Waals surface area contributed by atoms with Crippen LogP contribution in [-0.4, -0.2) is 34.4 Å². The maximum atomic E-state index is 10.8. The van der Waals surface area contributed by atoms with E-state index in [2.05, 4.69) is 10.1 Å². The highest BCUT2D eigenvalue weighted by atomic mass is 16.6. The molecule has 1 aromatic rings. The van der Waals surface area contributed by atoms with Crippen LogP contribution in [0.5, 0.6) is 0 Å². The third-order valence-corrected chi connectivity index (χ3v) is 3.97. The zero-order valence-corrected chi connectivity index (χ0v) is 10.7. The lowest BCUT2D eigenvalue weighted by molar-refractivity contribution is -0.150. The second-order valence-electron chi connectivity index (χ2n) is 5.04. The molecule has 1 N–H and O–H groups in total. The largest absolute Gasteiger partial charge is 0.479 e. The summed E-state index contributed by atoms with van der Waals surface area (Å²) >= 11 is 0. The van der Waals surface area contributed by atoms with E-state index < -0.39 is 23.8 Å². The second kappa shape index (κ2) is 4.57. The minimum atomic E-state index is -0.949. The number of ether oxygens (including phenoxy) is 2. The summed E-state index contributed by atoms with van der Waals surface area (Å²) in [6, 6.07) is 0. The van der Waals surface area contributed by atoms with Crippen LogP contribution in [0.25, 0.3) is 0 Å². The summed E-state index contributed by atoms with van der Waals surface area (Å²) in [5, 5.41) is 12.8. The molecule has 2 unspecified atom stereocenters. The molecule has 7 nitrogen and oxygen atoms in total. The third-order valence-electron chi connectivity index (χ3n) is 3.97. The summed E-state index contributed by atoms with van der Waals surface area (Å²) in [5.74, 6) is -0.0599. The van der Waals surface area contributed by atoms with E-state index in [0.29, 0.717) is 24.6 Å². The Bertz CT molecular complexity index is 477. The van der Waals surface area contributed by atoms with Crippen LogP contribution in [0.3, 0.4) is 0 Å². The van der Waals surface area contributed by atoms with E-state index in [9.17, 15) is 4.79 Å². The first-order chi connectivity index (χ1) is 9.14. The fourth-order valence-electron chi connectivity index (χ4n) is 2.57. The predicted molar refractivity (Wildman–Crippen MR) is 61.3 cm³/mol. The molecule has 2 heterocycles. The van der Waals surface area contributed by atoms with Crippen molar-refractivity contribution in [2.75, 3.05) is 7.11 Å². The molecule has 7 heteroatoms. The molecule has 0 aromatic carbocycles. The highest BCUT2D eigenvalue weighted by molar-refractivity contribution is 5.72. The molecule has 1 saturated heterocycles. The molecular weight excluding hydrogens is 252 g/mol. The van der Waals surface area contributed by atoms with Gasteiger partial charge in [-0.05, 0) is 32.1 Å². The van der Waals surface area contributed by atoms with Gasteiger partial charge in [0.25, 0.3) is 5.89 Å². The quantitative estimate of drug-likeness (QED) is 0.881. The summed E-state index contributed by atoms with van der Waals surface area (Å²) in [6.45, 7) is 0. The fraction of sp³-hybridized carbons (Fsp3) is 0.750. The van der Waals surface area contributed by atoms with Crippen molar-refractivity contribution < 1.29 is 23.9 Å². The Balaban J connectivity index is 1.74. The number of hydrogen-bond donors (Lipinski definition) is 1.